The van der Waals surface area contributed by atoms with Crippen LogP contribution in [0.1, 0.15) is 33.6 Å². The van der Waals surface area contributed by atoms with Crippen LogP contribution in [0.25, 0.3) is 10.9 Å². The maximum Gasteiger partial charge on any atom is 0.231 e. The molecule has 2 heterocycles. The van der Waals surface area contributed by atoms with E-state index in [2.05, 4.69) is 22.5 Å². The zero-order valence-corrected chi connectivity index (χ0v) is 18.7. The highest BCUT2D eigenvalue weighted by atomic mass is 16.7. The fourth-order valence-corrected chi connectivity index (χ4v) is 3.47. The number of hydrogen-bond acceptors (Lipinski definition) is 7. The number of nitrogens with zero attached hydrogens (tertiary/aromatic N) is 1. The molecule has 0 fully saturated rings. The summed E-state index contributed by atoms with van der Waals surface area (Å²) < 4.78 is 16.2. The lowest BCUT2D eigenvalue weighted by Gasteiger charge is -2.18. The van der Waals surface area contributed by atoms with Gasteiger partial charge in [-0.15, -0.1) is 0 Å². The molecule has 0 saturated heterocycles. The highest BCUT2D eigenvalue weighted by Gasteiger charge is 2.16. The molecule has 1 aliphatic rings. The minimum Gasteiger partial charge on any atom is -0.497 e. The van der Waals surface area contributed by atoms with Crippen molar-refractivity contribution in [3.8, 4) is 17.2 Å². The average Bonchev–Trinajstić information content (AvgIpc) is 3.25. The second-order valence-corrected chi connectivity index (χ2v) is 7.16. The minimum absolute atomic E-state index is 0.245. The summed E-state index contributed by atoms with van der Waals surface area (Å²) in [7, 11) is 1.68. The Kier molecular flexibility index (Phi) is 7.65. The molecule has 0 saturated carbocycles. The third-order valence-corrected chi connectivity index (χ3v) is 4.99. The molecule has 0 amide bonds. The zero-order chi connectivity index (χ0) is 22.2. The van der Waals surface area contributed by atoms with Crippen LogP contribution in [0.2, 0.25) is 0 Å². The summed E-state index contributed by atoms with van der Waals surface area (Å²) in [5.74, 6) is 2.25. The molecule has 7 nitrogen and oxygen atoms in total. The summed E-state index contributed by atoms with van der Waals surface area (Å²) in [6, 6.07) is 11.9. The number of nitrogens with one attached hydrogen (secondary N) is 2. The fraction of sp³-hybridized carbons (Fsp3) is 0.375. The van der Waals surface area contributed by atoms with Gasteiger partial charge in [-0.3, -0.25) is 4.98 Å². The number of aromatic nitrogens is 1. The number of rotatable bonds is 8. The SMILES string of the molecule is CC.COc1cc(NC(C)CCCNc2cc3c(cc2N)OCO3)c2ncccc2c1. The molecular weight excluding hydrogens is 392 g/mol. The van der Waals surface area contributed by atoms with Crippen molar-refractivity contribution in [3.05, 3.63) is 42.6 Å². The van der Waals surface area contributed by atoms with E-state index in [1.54, 1.807) is 13.2 Å². The number of anilines is 3. The molecule has 166 valence electrons. The molecule has 4 rings (SSSR count). The summed E-state index contributed by atoms with van der Waals surface area (Å²) >= 11 is 0. The molecule has 7 heteroatoms. The Morgan fingerprint density at radius 1 is 1.13 bits per heavy atom. The van der Waals surface area contributed by atoms with Crippen LogP contribution in [0.15, 0.2) is 42.6 Å². The van der Waals surface area contributed by atoms with Crippen molar-refractivity contribution in [2.75, 3.05) is 36.8 Å². The van der Waals surface area contributed by atoms with Crippen molar-refractivity contribution >= 4 is 28.0 Å². The Morgan fingerprint density at radius 2 is 1.90 bits per heavy atom. The molecule has 4 N–H and O–H groups in total. The van der Waals surface area contributed by atoms with Gasteiger partial charge < -0.3 is 30.6 Å². The Hall–Kier alpha value is -3.35. The average molecular weight is 425 g/mol. The second kappa shape index (κ2) is 10.6. The minimum atomic E-state index is 0.245. The van der Waals surface area contributed by atoms with Gasteiger partial charge in [-0.1, -0.05) is 19.9 Å². The molecular formula is C24H32N4O3. The van der Waals surface area contributed by atoms with Crippen molar-refractivity contribution in [3.63, 3.8) is 0 Å². The van der Waals surface area contributed by atoms with Gasteiger partial charge in [0.15, 0.2) is 11.5 Å². The Morgan fingerprint density at radius 3 is 2.68 bits per heavy atom. The molecule has 0 aliphatic carbocycles. The van der Waals surface area contributed by atoms with Crippen LogP contribution in [-0.4, -0.2) is 31.5 Å². The molecule has 3 aromatic rings. The smallest absolute Gasteiger partial charge is 0.231 e. The number of fused-ring (bicyclic) bond motifs is 2. The number of nitrogens with two attached hydrogens (primary N) is 1. The first-order valence-corrected chi connectivity index (χ1v) is 10.8. The molecule has 1 aliphatic heterocycles. The quantitative estimate of drug-likeness (QED) is 0.335. The van der Waals surface area contributed by atoms with E-state index in [9.17, 15) is 0 Å². The van der Waals surface area contributed by atoms with E-state index in [1.165, 1.54) is 0 Å². The van der Waals surface area contributed by atoms with E-state index in [4.69, 9.17) is 19.9 Å². The summed E-state index contributed by atoms with van der Waals surface area (Å²) in [6.07, 6.45) is 3.78. The van der Waals surface area contributed by atoms with Gasteiger partial charge in [0.05, 0.1) is 29.7 Å². The van der Waals surface area contributed by atoms with Crippen LogP contribution in [0.5, 0.6) is 17.2 Å². The van der Waals surface area contributed by atoms with Crippen molar-refractivity contribution < 1.29 is 14.2 Å². The van der Waals surface area contributed by atoms with Gasteiger partial charge in [-0.05, 0) is 31.9 Å². The number of methoxy groups -OCH3 is 1. The molecule has 1 aromatic heterocycles. The maximum atomic E-state index is 6.09. The zero-order valence-electron chi connectivity index (χ0n) is 18.7. The van der Waals surface area contributed by atoms with Gasteiger partial charge in [0.25, 0.3) is 0 Å². The number of pyridine rings is 1. The van der Waals surface area contributed by atoms with E-state index in [0.717, 1.165) is 53.2 Å². The molecule has 1 unspecified atom stereocenters. The van der Waals surface area contributed by atoms with Crippen LogP contribution in [0.3, 0.4) is 0 Å². The monoisotopic (exact) mass is 424 g/mol. The summed E-state index contributed by atoms with van der Waals surface area (Å²) in [5, 5.41) is 8.02. The normalized spacial score (nSPS) is 12.6. The topological polar surface area (TPSA) is 90.7 Å². The van der Waals surface area contributed by atoms with Gasteiger partial charge in [0.2, 0.25) is 6.79 Å². The number of nitrogen functional groups attached to an aromatic ring is 1. The second-order valence-electron chi connectivity index (χ2n) is 7.16. The van der Waals surface area contributed by atoms with E-state index in [0.29, 0.717) is 11.4 Å². The third kappa shape index (κ3) is 5.42. The van der Waals surface area contributed by atoms with Crippen molar-refractivity contribution in [1.82, 2.24) is 4.98 Å². The molecule has 0 radical (unpaired) electrons. The highest BCUT2D eigenvalue weighted by Crippen LogP contribution is 2.38. The number of hydrogen-bond donors (Lipinski definition) is 3. The lowest BCUT2D eigenvalue weighted by molar-refractivity contribution is 0.174. The first-order valence-electron chi connectivity index (χ1n) is 10.8. The summed E-state index contributed by atoms with van der Waals surface area (Å²) in [5.41, 5.74) is 9.56. The Bertz CT molecular complexity index is 1010. The summed E-state index contributed by atoms with van der Waals surface area (Å²) in [4.78, 5) is 4.52. The molecule has 2 aromatic carbocycles. The van der Waals surface area contributed by atoms with Gasteiger partial charge in [0, 0.05) is 42.4 Å². The Balaban J connectivity index is 0.00000132. The number of ether oxygens (including phenoxy) is 3. The first-order chi connectivity index (χ1) is 15.1. The van der Waals surface area contributed by atoms with Crippen LogP contribution < -0.4 is 30.6 Å². The van der Waals surface area contributed by atoms with Crippen molar-refractivity contribution in [1.29, 1.82) is 0 Å². The largest absolute Gasteiger partial charge is 0.497 e. The third-order valence-electron chi connectivity index (χ3n) is 4.99. The van der Waals surface area contributed by atoms with E-state index < -0.39 is 0 Å². The first kappa shape index (κ1) is 22.3. The highest BCUT2D eigenvalue weighted by molar-refractivity contribution is 5.91. The Labute approximate surface area is 183 Å². The van der Waals surface area contributed by atoms with Gasteiger partial charge in [-0.25, -0.2) is 0 Å². The van der Waals surface area contributed by atoms with Crippen LogP contribution in [0, 0.1) is 0 Å². The summed E-state index contributed by atoms with van der Waals surface area (Å²) in [6.45, 7) is 7.23. The lowest BCUT2D eigenvalue weighted by Crippen LogP contribution is -2.17. The molecule has 0 bridgehead atoms. The maximum absolute atomic E-state index is 6.09. The standard InChI is InChI=1S/C22H26N4O3.C2H6/c1-14(26-19-10-16(27-2)9-15-6-4-8-25-22(15)19)5-3-7-24-18-12-21-20(11-17(18)23)28-13-29-21;1-2/h4,6,8-12,14,24,26H,3,5,7,13,23H2,1-2H3;1-2H3. The fourth-order valence-electron chi connectivity index (χ4n) is 3.47. The lowest BCUT2D eigenvalue weighted by atomic mass is 10.1. The molecule has 1 atom stereocenters. The van der Waals surface area contributed by atoms with Crippen LogP contribution in [0.4, 0.5) is 17.1 Å². The van der Waals surface area contributed by atoms with Crippen LogP contribution >= 0.6 is 0 Å². The van der Waals surface area contributed by atoms with E-state index in [1.807, 2.05) is 50.4 Å². The van der Waals surface area contributed by atoms with Gasteiger partial charge >= 0.3 is 0 Å². The van der Waals surface area contributed by atoms with E-state index in [-0.39, 0.29) is 12.8 Å². The van der Waals surface area contributed by atoms with Gasteiger partial charge in [-0.2, -0.15) is 0 Å². The van der Waals surface area contributed by atoms with Crippen molar-refractivity contribution in [2.24, 2.45) is 0 Å². The van der Waals surface area contributed by atoms with E-state index >= 15 is 0 Å². The predicted molar refractivity (Wildman–Crippen MR) is 127 cm³/mol. The molecule has 0 spiro atoms. The number of benzene rings is 2. The van der Waals surface area contributed by atoms with Crippen molar-refractivity contribution in [2.45, 2.75) is 39.7 Å². The van der Waals surface area contributed by atoms with Crippen LogP contribution in [-0.2, 0) is 0 Å². The predicted octanol–water partition coefficient (Wildman–Crippen LogP) is 5.27. The van der Waals surface area contributed by atoms with Gasteiger partial charge in [0.1, 0.15) is 5.75 Å². The molecule has 31 heavy (non-hydrogen) atoms.